The summed E-state index contributed by atoms with van der Waals surface area (Å²) in [6, 6.07) is 6.52. The van der Waals surface area contributed by atoms with Crippen molar-refractivity contribution >= 4 is 28.6 Å². The number of ether oxygens (including phenoxy) is 1. The zero-order valence-corrected chi connectivity index (χ0v) is 15.9. The SMILES string of the molecule is COc1ccc(C)cc1-c1noc2ccc(N3C(=O)CC(C(F)(F)F)NC3=O)cc12. The van der Waals surface area contributed by atoms with Gasteiger partial charge in [-0.15, -0.1) is 0 Å². The number of urea groups is 1. The van der Waals surface area contributed by atoms with Gasteiger partial charge in [-0.2, -0.15) is 13.2 Å². The number of methoxy groups -OCH3 is 1. The number of anilines is 1. The molecule has 1 aromatic heterocycles. The molecule has 1 aliphatic rings. The third-order valence-corrected chi connectivity index (χ3v) is 4.85. The van der Waals surface area contributed by atoms with Gasteiger partial charge in [0.2, 0.25) is 5.91 Å². The van der Waals surface area contributed by atoms with Crippen LogP contribution < -0.4 is 15.0 Å². The molecule has 30 heavy (non-hydrogen) atoms. The molecule has 2 heterocycles. The van der Waals surface area contributed by atoms with E-state index < -0.39 is 30.6 Å². The van der Waals surface area contributed by atoms with Gasteiger partial charge in [-0.05, 0) is 37.3 Å². The Bertz CT molecular complexity index is 1140. The summed E-state index contributed by atoms with van der Waals surface area (Å²) in [7, 11) is 1.51. The molecule has 7 nitrogen and oxygen atoms in total. The minimum absolute atomic E-state index is 0.113. The number of aromatic nitrogens is 1. The fraction of sp³-hybridized carbons (Fsp3) is 0.250. The highest BCUT2D eigenvalue weighted by Gasteiger charge is 2.47. The zero-order chi connectivity index (χ0) is 21.6. The highest BCUT2D eigenvalue weighted by Crippen LogP contribution is 2.37. The Morgan fingerprint density at radius 3 is 2.63 bits per heavy atom. The van der Waals surface area contributed by atoms with Crippen molar-refractivity contribution in [1.82, 2.24) is 10.5 Å². The molecule has 1 aliphatic heterocycles. The van der Waals surface area contributed by atoms with Crippen molar-refractivity contribution in [2.45, 2.75) is 25.6 Å². The van der Waals surface area contributed by atoms with Gasteiger partial charge >= 0.3 is 12.2 Å². The lowest BCUT2D eigenvalue weighted by Crippen LogP contribution is -2.59. The number of fused-ring (bicyclic) bond motifs is 1. The van der Waals surface area contributed by atoms with E-state index in [0.717, 1.165) is 5.56 Å². The zero-order valence-electron chi connectivity index (χ0n) is 15.9. The summed E-state index contributed by atoms with van der Waals surface area (Å²) in [6.07, 6.45) is -5.58. The smallest absolute Gasteiger partial charge is 0.409 e. The molecule has 4 rings (SSSR count). The Morgan fingerprint density at radius 1 is 1.20 bits per heavy atom. The van der Waals surface area contributed by atoms with Crippen molar-refractivity contribution in [2.75, 3.05) is 12.0 Å². The van der Waals surface area contributed by atoms with Crippen LogP contribution in [0.4, 0.5) is 23.7 Å². The first-order valence-corrected chi connectivity index (χ1v) is 8.93. The second-order valence-corrected chi connectivity index (χ2v) is 6.89. The summed E-state index contributed by atoms with van der Waals surface area (Å²) in [5.41, 5.74) is 2.50. The summed E-state index contributed by atoms with van der Waals surface area (Å²) in [6.45, 7) is 1.89. The van der Waals surface area contributed by atoms with Crippen LogP contribution in [0.3, 0.4) is 0 Å². The van der Waals surface area contributed by atoms with Crippen molar-refractivity contribution in [2.24, 2.45) is 0 Å². The molecule has 1 atom stereocenters. The molecule has 156 valence electrons. The Kier molecular flexibility index (Phi) is 4.64. The number of hydrogen-bond donors (Lipinski definition) is 1. The standard InChI is InChI=1S/C20H16F3N3O4/c1-10-3-5-14(29-2)12(7-10)18-13-8-11(4-6-15(13)30-25-18)26-17(27)9-16(20(21,22)23)24-19(26)28/h3-8,16H,9H2,1-2H3,(H,24,28). The van der Waals surface area contributed by atoms with Crippen molar-refractivity contribution in [1.29, 1.82) is 0 Å². The second kappa shape index (κ2) is 7.05. The minimum atomic E-state index is -4.70. The van der Waals surface area contributed by atoms with Gasteiger partial charge in [-0.3, -0.25) is 4.79 Å². The average molecular weight is 419 g/mol. The molecular weight excluding hydrogens is 403 g/mol. The number of carbonyl (C=O) groups excluding carboxylic acids is 2. The van der Waals surface area contributed by atoms with Crippen molar-refractivity contribution < 1.29 is 32.0 Å². The van der Waals surface area contributed by atoms with Crippen LogP contribution in [0.25, 0.3) is 22.2 Å². The molecule has 1 N–H and O–H groups in total. The molecule has 0 radical (unpaired) electrons. The molecule has 3 aromatic rings. The number of imide groups is 1. The van der Waals surface area contributed by atoms with E-state index >= 15 is 0 Å². The van der Waals surface area contributed by atoms with Gasteiger partial charge in [0.05, 0.1) is 24.6 Å². The average Bonchev–Trinajstić information content (AvgIpc) is 3.10. The Balaban J connectivity index is 1.77. The number of nitrogens with zero attached hydrogens (tertiary/aromatic N) is 2. The number of benzene rings is 2. The lowest BCUT2D eigenvalue weighted by Gasteiger charge is -2.32. The number of nitrogens with one attached hydrogen (secondary N) is 1. The first kappa shape index (κ1) is 19.7. The first-order chi connectivity index (χ1) is 14.2. The van der Waals surface area contributed by atoms with Crippen LogP contribution in [-0.2, 0) is 4.79 Å². The first-order valence-electron chi connectivity index (χ1n) is 8.93. The Labute approximate surface area is 168 Å². The number of aryl methyl sites for hydroxylation is 1. The van der Waals surface area contributed by atoms with Crippen LogP contribution in [-0.4, -0.2) is 36.4 Å². The molecule has 3 amide bonds. The summed E-state index contributed by atoms with van der Waals surface area (Å²) >= 11 is 0. The molecule has 0 saturated carbocycles. The fourth-order valence-electron chi connectivity index (χ4n) is 3.37. The van der Waals surface area contributed by atoms with E-state index in [9.17, 15) is 22.8 Å². The molecule has 1 fully saturated rings. The topological polar surface area (TPSA) is 84.7 Å². The molecule has 1 saturated heterocycles. The summed E-state index contributed by atoms with van der Waals surface area (Å²) in [5.74, 6) is -0.410. The highest BCUT2D eigenvalue weighted by molar-refractivity contribution is 6.17. The minimum Gasteiger partial charge on any atom is -0.496 e. The largest absolute Gasteiger partial charge is 0.496 e. The summed E-state index contributed by atoms with van der Waals surface area (Å²) in [4.78, 5) is 25.3. The lowest BCUT2D eigenvalue weighted by molar-refractivity contribution is -0.160. The molecule has 1 unspecified atom stereocenters. The van der Waals surface area contributed by atoms with Crippen LogP contribution >= 0.6 is 0 Å². The molecular formula is C20H16F3N3O4. The number of amides is 3. The molecule has 0 bridgehead atoms. The monoisotopic (exact) mass is 419 g/mol. The van der Waals surface area contributed by atoms with E-state index in [0.29, 0.717) is 32.9 Å². The number of hydrogen-bond acceptors (Lipinski definition) is 5. The third-order valence-electron chi connectivity index (χ3n) is 4.85. The number of carbonyl (C=O) groups is 2. The van der Waals surface area contributed by atoms with Gasteiger partial charge in [0.25, 0.3) is 0 Å². The maximum Gasteiger partial charge on any atom is 0.409 e. The van der Waals surface area contributed by atoms with Gasteiger partial charge in [0, 0.05) is 5.56 Å². The number of halogens is 3. The van der Waals surface area contributed by atoms with Crippen LogP contribution in [0, 0.1) is 6.92 Å². The molecule has 10 heteroatoms. The van der Waals surface area contributed by atoms with Crippen molar-refractivity contribution in [3.05, 3.63) is 42.0 Å². The summed E-state index contributed by atoms with van der Waals surface area (Å²) < 4.78 is 49.5. The Hall–Kier alpha value is -3.56. The van der Waals surface area contributed by atoms with Crippen LogP contribution in [0.15, 0.2) is 40.9 Å². The number of rotatable bonds is 3. The predicted octanol–water partition coefficient (Wildman–Crippen LogP) is 4.19. The van der Waals surface area contributed by atoms with Gasteiger partial charge < -0.3 is 14.6 Å². The van der Waals surface area contributed by atoms with E-state index in [2.05, 4.69) is 5.16 Å². The van der Waals surface area contributed by atoms with Crippen molar-refractivity contribution in [3.8, 4) is 17.0 Å². The van der Waals surface area contributed by atoms with Gasteiger partial charge in [-0.1, -0.05) is 16.8 Å². The highest BCUT2D eigenvalue weighted by atomic mass is 19.4. The van der Waals surface area contributed by atoms with Crippen molar-refractivity contribution in [3.63, 3.8) is 0 Å². The maximum atomic E-state index is 12.9. The van der Waals surface area contributed by atoms with E-state index in [4.69, 9.17) is 9.26 Å². The van der Waals surface area contributed by atoms with Gasteiger partial charge in [-0.25, -0.2) is 9.69 Å². The summed E-state index contributed by atoms with van der Waals surface area (Å²) in [5, 5.41) is 6.39. The Morgan fingerprint density at radius 2 is 1.97 bits per heavy atom. The lowest BCUT2D eigenvalue weighted by atomic mass is 10.0. The second-order valence-electron chi connectivity index (χ2n) is 6.89. The quantitative estimate of drug-likeness (QED) is 0.688. The van der Waals surface area contributed by atoms with E-state index in [1.54, 1.807) is 6.07 Å². The van der Waals surface area contributed by atoms with E-state index in [1.807, 2.05) is 24.4 Å². The normalized spacial score (nSPS) is 17.4. The number of alkyl halides is 3. The maximum absolute atomic E-state index is 12.9. The van der Waals surface area contributed by atoms with Gasteiger partial charge in [0.15, 0.2) is 5.58 Å². The third kappa shape index (κ3) is 3.34. The van der Waals surface area contributed by atoms with Crippen LogP contribution in [0.1, 0.15) is 12.0 Å². The molecule has 0 aliphatic carbocycles. The molecule has 0 spiro atoms. The molecule has 2 aromatic carbocycles. The van der Waals surface area contributed by atoms with Crippen LogP contribution in [0.2, 0.25) is 0 Å². The van der Waals surface area contributed by atoms with Gasteiger partial charge in [0.1, 0.15) is 17.5 Å². The van der Waals surface area contributed by atoms with E-state index in [-0.39, 0.29) is 5.69 Å². The van der Waals surface area contributed by atoms with E-state index in [1.165, 1.54) is 25.3 Å². The predicted molar refractivity (Wildman–Crippen MR) is 101 cm³/mol. The van der Waals surface area contributed by atoms with Crippen LogP contribution in [0.5, 0.6) is 5.75 Å². The fourth-order valence-corrected chi connectivity index (χ4v) is 3.37.